The molecule has 0 bridgehead atoms. The molecule has 5 heteroatoms. The van der Waals surface area contributed by atoms with Gasteiger partial charge < -0.3 is 19.9 Å². The van der Waals surface area contributed by atoms with Crippen LogP contribution in [0, 0.1) is 0 Å². The molecule has 28 heavy (non-hydrogen) atoms. The summed E-state index contributed by atoms with van der Waals surface area (Å²) in [6.45, 7) is 1.74. The summed E-state index contributed by atoms with van der Waals surface area (Å²) in [6.07, 6.45) is 7.18. The molecule has 0 heterocycles. The van der Waals surface area contributed by atoms with E-state index in [1.807, 2.05) is 36.4 Å². The third-order valence-corrected chi connectivity index (χ3v) is 4.25. The van der Waals surface area contributed by atoms with Gasteiger partial charge in [0.25, 0.3) is 0 Å². The number of hydrogen-bond donors (Lipinski definition) is 2. The Bertz CT molecular complexity index is 744. The fraction of sp³-hybridized carbons (Fsp3) is 0.348. The van der Waals surface area contributed by atoms with Crippen molar-refractivity contribution in [2.75, 3.05) is 26.8 Å². The first-order valence-corrected chi connectivity index (χ1v) is 9.63. The summed E-state index contributed by atoms with van der Waals surface area (Å²) in [5.41, 5.74) is 2.32. The number of hydrogen-bond acceptors (Lipinski definition) is 4. The first kappa shape index (κ1) is 21.5. The summed E-state index contributed by atoms with van der Waals surface area (Å²) in [5, 5.41) is 11.7. The van der Waals surface area contributed by atoms with E-state index in [-0.39, 0.29) is 6.42 Å². The van der Waals surface area contributed by atoms with E-state index >= 15 is 0 Å². The molecule has 0 aliphatic heterocycles. The van der Waals surface area contributed by atoms with Gasteiger partial charge in [-0.25, -0.2) is 0 Å². The molecule has 2 N–H and O–H groups in total. The molecule has 150 valence electrons. The first-order chi connectivity index (χ1) is 13.7. The monoisotopic (exact) mass is 383 g/mol. The molecule has 0 radical (unpaired) electrons. The number of unbranched alkanes of at least 4 members (excludes halogenated alkanes) is 1. The second-order valence-corrected chi connectivity index (χ2v) is 6.45. The van der Waals surface area contributed by atoms with Crippen LogP contribution in [0.1, 0.15) is 30.4 Å². The van der Waals surface area contributed by atoms with Crippen molar-refractivity contribution in [1.82, 2.24) is 5.32 Å². The molecule has 0 unspecified atom stereocenters. The predicted octanol–water partition coefficient (Wildman–Crippen LogP) is 4.17. The van der Waals surface area contributed by atoms with E-state index in [4.69, 9.17) is 14.6 Å². The van der Waals surface area contributed by atoms with Crippen LogP contribution in [0.5, 0.6) is 11.5 Å². The highest BCUT2D eigenvalue weighted by Crippen LogP contribution is 2.26. The van der Waals surface area contributed by atoms with Gasteiger partial charge in [0.15, 0.2) is 0 Å². The van der Waals surface area contributed by atoms with Crippen molar-refractivity contribution in [3.8, 4) is 11.5 Å². The second-order valence-electron chi connectivity index (χ2n) is 6.45. The van der Waals surface area contributed by atoms with E-state index in [1.165, 1.54) is 5.56 Å². The fourth-order valence-electron chi connectivity index (χ4n) is 2.75. The molecule has 0 atom stereocenters. The number of carboxylic acids is 1. The van der Waals surface area contributed by atoms with Gasteiger partial charge in [0.2, 0.25) is 0 Å². The van der Waals surface area contributed by atoms with E-state index < -0.39 is 5.97 Å². The summed E-state index contributed by atoms with van der Waals surface area (Å²) in [6, 6.07) is 16.3. The number of carbonyl (C=O) groups is 1. The molecular formula is C23H29NO4. The minimum absolute atomic E-state index is 0.120. The molecule has 0 aromatic heterocycles. The molecule has 0 saturated heterocycles. The Kier molecular flexibility index (Phi) is 9.66. The molecule has 2 aromatic rings. The van der Waals surface area contributed by atoms with Crippen LogP contribution in [0.15, 0.2) is 54.6 Å². The van der Waals surface area contributed by atoms with Crippen molar-refractivity contribution in [2.24, 2.45) is 0 Å². The van der Waals surface area contributed by atoms with E-state index in [1.54, 1.807) is 7.11 Å². The summed E-state index contributed by atoms with van der Waals surface area (Å²) in [7, 11) is 1.64. The predicted molar refractivity (Wildman–Crippen MR) is 112 cm³/mol. The Hall–Kier alpha value is -2.79. The first-order valence-electron chi connectivity index (χ1n) is 9.63. The van der Waals surface area contributed by atoms with Crippen LogP contribution in [0.2, 0.25) is 0 Å². The maximum atomic E-state index is 10.5. The Labute approximate surface area is 167 Å². The summed E-state index contributed by atoms with van der Waals surface area (Å²) >= 11 is 0. The third kappa shape index (κ3) is 8.27. The normalized spacial score (nSPS) is 10.9. The molecule has 0 amide bonds. The van der Waals surface area contributed by atoms with Gasteiger partial charge >= 0.3 is 5.97 Å². The third-order valence-electron chi connectivity index (χ3n) is 4.25. The molecule has 0 spiro atoms. The Morgan fingerprint density at radius 1 is 1.14 bits per heavy atom. The number of nitrogens with one attached hydrogen (secondary N) is 1. The molecule has 2 aromatic carbocycles. The zero-order chi connectivity index (χ0) is 20.0. The maximum Gasteiger partial charge on any atom is 0.304 e. The molecule has 0 aliphatic rings. The number of aryl methyl sites for hydroxylation is 1. The summed E-state index contributed by atoms with van der Waals surface area (Å²) in [5.74, 6) is 0.755. The topological polar surface area (TPSA) is 67.8 Å². The second kappa shape index (κ2) is 12.6. The largest absolute Gasteiger partial charge is 0.496 e. The Morgan fingerprint density at radius 3 is 2.71 bits per heavy atom. The number of benzene rings is 2. The van der Waals surface area contributed by atoms with Crippen molar-refractivity contribution >= 4 is 12.0 Å². The van der Waals surface area contributed by atoms with Gasteiger partial charge in [-0.3, -0.25) is 4.79 Å². The number of ether oxygens (including phenoxy) is 2. The van der Waals surface area contributed by atoms with Crippen LogP contribution in [-0.2, 0) is 11.2 Å². The number of carboxylic acid groups (broad SMARTS) is 1. The Balaban J connectivity index is 1.73. The van der Waals surface area contributed by atoms with Crippen molar-refractivity contribution < 1.29 is 19.4 Å². The highest BCUT2D eigenvalue weighted by atomic mass is 16.5. The van der Waals surface area contributed by atoms with Crippen LogP contribution in [0.4, 0.5) is 0 Å². The molecule has 5 nitrogen and oxygen atoms in total. The Morgan fingerprint density at radius 2 is 1.96 bits per heavy atom. The lowest BCUT2D eigenvalue weighted by molar-refractivity contribution is -0.136. The van der Waals surface area contributed by atoms with Gasteiger partial charge in [0.05, 0.1) is 20.1 Å². The van der Waals surface area contributed by atoms with Crippen molar-refractivity contribution in [3.05, 3.63) is 65.7 Å². The standard InChI is InChI=1S/C23H29NO4/c1-27-22-18-21(28-17-6-5-10-19-8-3-2-4-9-19)13-12-20(22)11-7-15-24-16-14-23(25)26/h2-4,7-9,11-13,18,24H,5-6,10,14-17H2,1H3,(H,25,26)/b11-7+. The van der Waals surface area contributed by atoms with Crippen LogP contribution >= 0.6 is 0 Å². The van der Waals surface area contributed by atoms with Crippen LogP contribution in [0.3, 0.4) is 0 Å². The number of aliphatic carboxylic acids is 1. The van der Waals surface area contributed by atoms with Gasteiger partial charge in [-0.1, -0.05) is 42.5 Å². The average Bonchev–Trinajstić information content (AvgIpc) is 2.71. The van der Waals surface area contributed by atoms with Gasteiger partial charge in [0.1, 0.15) is 11.5 Å². The SMILES string of the molecule is COc1cc(OCCCCc2ccccc2)ccc1/C=C/CNCCC(=O)O. The van der Waals surface area contributed by atoms with Crippen molar-refractivity contribution in [3.63, 3.8) is 0 Å². The molecule has 2 rings (SSSR count). The number of rotatable bonds is 13. The van der Waals surface area contributed by atoms with Crippen LogP contribution < -0.4 is 14.8 Å². The van der Waals surface area contributed by atoms with Crippen LogP contribution in [-0.4, -0.2) is 37.9 Å². The quantitative estimate of drug-likeness (QED) is 0.508. The van der Waals surface area contributed by atoms with Gasteiger partial charge in [-0.15, -0.1) is 0 Å². The summed E-state index contributed by atoms with van der Waals surface area (Å²) < 4.78 is 11.3. The highest BCUT2D eigenvalue weighted by molar-refractivity contribution is 5.66. The molecule has 0 fully saturated rings. The van der Waals surface area contributed by atoms with E-state index in [2.05, 4.69) is 29.6 Å². The minimum atomic E-state index is -0.797. The van der Waals surface area contributed by atoms with Crippen molar-refractivity contribution in [2.45, 2.75) is 25.7 Å². The zero-order valence-electron chi connectivity index (χ0n) is 16.4. The molecular weight excluding hydrogens is 354 g/mol. The minimum Gasteiger partial charge on any atom is -0.496 e. The van der Waals surface area contributed by atoms with Crippen LogP contribution in [0.25, 0.3) is 6.08 Å². The highest BCUT2D eigenvalue weighted by Gasteiger charge is 2.03. The van der Waals surface area contributed by atoms with Crippen molar-refractivity contribution in [1.29, 1.82) is 0 Å². The average molecular weight is 383 g/mol. The molecule has 0 saturated carbocycles. The van der Waals surface area contributed by atoms with Gasteiger partial charge in [-0.05, 0) is 37.0 Å². The lowest BCUT2D eigenvalue weighted by Crippen LogP contribution is -2.17. The van der Waals surface area contributed by atoms with Gasteiger partial charge in [0, 0.05) is 24.7 Å². The van der Waals surface area contributed by atoms with E-state index in [0.29, 0.717) is 19.7 Å². The smallest absolute Gasteiger partial charge is 0.304 e. The molecule has 0 aliphatic carbocycles. The summed E-state index contributed by atoms with van der Waals surface area (Å²) in [4.78, 5) is 10.5. The number of methoxy groups -OCH3 is 1. The van der Waals surface area contributed by atoms with E-state index in [9.17, 15) is 4.79 Å². The fourth-order valence-corrected chi connectivity index (χ4v) is 2.75. The maximum absolute atomic E-state index is 10.5. The lowest BCUT2D eigenvalue weighted by atomic mass is 10.1. The van der Waals surface area contributed by atoms with Gasteiger partial charge in [-0.2, -0.15) is 0 Å². The zero-order valence-corrected chi connectivity index (χ0v) is 16.4. The lowest BCUT2D eigenvalue weighted by Gasteiger charge is -2.10. The van der Waals surface area contributed by atoms with E-state index in [0.717, 1.165) is 36.3 Å².